The van der Waals surface area contributed by atoms with E-state index in [1.807, 2.05) is 6.92 Å². The first-order valence-corrected chi connectivity index (χ1v) is 7.00. The molecule has 1 aliphatic rings. The van der Waals surface area contributed by atoms with Crippen LogP contribution in [0.25, 0.3) is 0 Å². The molecule has 2 nitrogen and oxygen atoms in total. The molecular weight excluding hydrogens is 299 g/mol. The largest absolute Gasteiger partial charge is 0.489 e. The molecule has 0 saturated heterocycles. The van der Waals surface area contributed by atoms with Crippen LogP contribution in [0.1, 0.15) is 44.1 Å². The monoisotopic (exact) mass is 314 g/mol. The molecule has 1 aromatic carbocycles. The summed E-state index contributed by atoms with van der Waals surface area (Å²) in [6, 6.07) is 2.87. The van der Waals surface area contributed by atoms with E-state index in [-0.39, 0.29) is 17.8 Å². The standard InChI is InChI=1S/C14H16BrFO2/c1-9(5-6-17)12-7-10(16)8-13(15)14(12)18-11-3-2-4-11/h6-9,11H,2-5H2,1H3. The van der Waals surface area contributed by atoms with Crippen molar-refractivity contribution in [3.8, 4) is 5.75 Å². The Bertz CT molecular complexity index is 444. The molecule has 0 bridgehead atoms. The number of halogens is 2. The van der Waals surface area contributed by atoms with Crippen molar-refractivity contribution in [2.75, 3.05) is 0 Å². The number of benzene rings is 1. The van der Waals surface area contributed by atoms with E-state index < -0.39 is 0 Å². The van der Waals surface area contributed by atoms with Crippen LogP contribution < -0.4 is 4.74 Å². The van der Waals surface area contributed by atoms with Crippen LogP contribution in [0.15, 0.2) is 16.6 Å². The van der Waals surface area contributed by atoms with Gasteiger partial charge in [0.25, 0.3) is 0 Å². The lowest BCUT2D eigenvalue weighted by Gasteiger charge is -2.29. The summed E-state index contributed by atoms with van der Waals surface area (Å²) in [5.74, 6) is 0.343. The van der Waals surface area contributed by atoms with Crippen molar-refractivity contribution in [2.24, 2.45) is 0 Å². The first kappa shape index (κ1) is 13.5. The lowest BCUT2D eigenvalue weighted by atomic mass is 9.94. The Balaban J connectivity index is 2.30. The minimum atomic E-state index is -0.310. The van der Waals surface area contributed by atoms with Crippen LogP contribution in [0, 0.1) is 5.82 Å². The first-order valence-electron chi connectivity index (χ1n) is 6.21. The zero-order valence-electron chi connectivity index (χ0n) is 10.3. The lowest BCUT2D eigenvalue weighted by Crippen LogP contribution is -2.25. The number of ether oxygens (including phenoxy) is 1. The first-order chi connectivity index (χ1) is 8.61. The zero-order valence-corrected chi connectivity index (χ0v) is 11.9. The van der Waals surface area contributed by atoms with Gasteiger partial charge in [-0.2, -0.15) is 0 Å². The molecule has 0 spiro atoms. The van der Waals surface area contributed by atoms with Gasteiger partial charge < -0.3 is 9.53 Å². The van der Waals surface area contributed by atoms with Crippen LogP contribution >= 0.6 is 15.9 Å². The second-order valence-corrected chi connectivity index (χ2v) is 5.63. The van der Waals surface area contributed by atoms with Crippen LogP contribution in [0.2, 0.25) is 0 Å². The van der Waals surface area contributed by atoms with Gasteiger partial charge in [-0.3, -0.25) is 0 Å². The zero-order chi connectivity index (χ0) is 13.1. The maximum atomic E-state index is 13.5. The molecule has 98 valence electrons. The molecule has 0 amide bonds. The molecule has 0 aromatic heterocycles. The average Bonchev–Trinajstić information content (AvgIpc) is 2.24. The third-order valence-electron chi connectivity index (χ3n) is 3.35. The number of hydrogen-bond acceptors (Lipinski definition) is 2. The highest BCUT2D eigenvalue weighted by Gasteiger charge is 2.23. The highest BCUT2D eigenvalue weighted by Crippen LogP contribution is 2.38. The normalized spacial score (nSPS) is 17.1. The Morgan fingerprint density at radius 2 is 2.28 bits per heavy atom. The van der Waals surface area contributed by atoms with Crippen LogP contribution in [0.4, 0.5) is 4.39 Å². The van der Waals surface area contributed by atoms with Gasteiger partial charge in [0.1, 0.15) is 17.9 Å². The second kappa shape index (κ2) is 5.83. The summed E-state index contributed by atoms with van der Waals surface area (Å²) in [5, 5.41) is 0. The summed E-state index contributed by atoms with van der Waals surface area (Å²) >= 11 is 3.35. The molecule has 1 unspecified atom stereocenters. The van der Waals surface area contributed by atoms with Gasteiger partial charge in [0.15, 0.2) is 0 Å². The second-order valence-electron chi connectivity index (χ2n) is 4.78. The van der Waals surface area contributed by atoms with Crippen molar-refractivity contribution < 1.29 is 13.9 Å². The van der Waals surface area contributed by atoms with Gasteiger partial charge in [-0.15, -0.1) is 0 Å². The highest BCUT2D eigenvalue weighted by atomic mass is 79.9. The predicted octanol–water partition coefficient (Wildman–Crippen LogP) is 4.21. The summed E-state index contributed by atoms with van der Waals surface area (Å²) in [5.41, 5.74) is 0.765. The SMILES string of the molecule is CC(CC=O)c1cc(F)cc(Br)c1OC1CCC1. The maximum absolute atomic E-state index is 13.5. The molecule has 18 heavy (non-hydrogen) atoms. The number of carbonyl (C=O) groups is 1. The Morgan fingerprint density at radius 1 is 1.56 bits per heavy atom. The summed E-state index contributed by atoms with van der Waals surface area (Å²) in [6.45, 7) is 1.91. The third kappa shape index (κ3) is 2.91. The van der Waals surface area contributed by atoms with Gasteiger partial charge in [0, 0.05) is 12.0 Å². The van der Waals surface area contributed by atoms with E-state index in [0.717, 1.165) is 24.7 Å². The average molecular weight is 315 g/mol. The van der Waals surface area contributed by atoms with Gasteiger partial charge >= 0.3 is 0 Å². The predicted molar refractivity (Wildman–Crippen MR) is 71.5 cm³/mol. The van der Waals surface area contributed by atoms with Crippen molar-refractivity contribution in [1.82, 2.24) is 0 Å². The number of carbonyl (C=O) groups excluding carboxylic acids is 1. The van der Waals surface area contributed by atoms with Crippen LogP contribution in [-0.4, -0.2) is 12.4 Å². The molecule has 4 heteroatoms. The molecule has 1 aliphatic carbocycles. The van der Waals surface area contributed by atoms with Crippen LogP contribution in [-0.2, 0) is 4.79 Å². The van der Waals surface area contributed by atoms with Crippen molar-refractivity contribution in [3.05, 3.63) is 28.0 Å². The number of rotatable bonds is 5. The molecular formula is C14H16BrFO2. The van der Waals surface area contributed by atoms with Crippen LogP contribution in [0.3, 0.4) is 0 Å². The fourth-order valence-electron chi connectivity index (χ4n) is 2.00. The minimum absolute atomic E-state index is 0.0374. The fourth-order valence-corrected chi connectivity index (χ4v) is 2.54. The molecule has 2 rings (SSSR count). The fraction of sp³-hybridized carbons (Fsp3) is 0.500. The Labute approximate surface area is 115 Å². The molecule has 1 saturated carbocycles. The van der Waals surface area contributed by atoms with Gasteiger partial charge in [-0.25, -0.2) is 4.39 Å². The van der Waals surface area contributed by atoms with E-state index in [4.69, 9.17) is 4.74 Å². The van der Waals surface area contributed by atoms with E-state index >= 15 is 0 Å². The van der Waals surface area contributed by atoms with Crippen LogP contribution in [0.5, 0.6) is 5.75 Å². The molecule has 1 aromatic rings. The van der Waals surface area contributed by atoms with Crippen molar-refractivity contribution in [1.29, 1.82) is 0 Å². The maximum Gasteiger partial charge on any atom is 0.137 e. The van der Waals surface area contributed by atoms with Crippen molar-refractivity contribution in [2.45, 2.75) is 44.6 Å². The van der Waals surface area contributed by atoms with E-state index in [9.17, 15) is 9.18 Å². The van der Waals surface area contributed by atoms with Gasteiger partial charge in [0.05, 0.1) is 10.6 Å². The quantitative estimate of drug-likeness (QED) is 0.761. The summed E-state index contributed by atoms with van der Waals surface area (Å²) < 4.78 is 20.0. The van der Waals surface area contributed by atoms with Gasteiger partial charge in [-0.1, -0.05) is 6.92 Å². The topological polar surface area (TPSA) is 26.3 Å². The molecule has 0 aliphatic heterocycles. The smallest absolute Gasteiger partial charge is 0.137 e. The molecule has 0 heterocycles. The summed E-state index contributed by atoms with van der Waals surface area (Å²) in [4.78, 5) is 10.6. The molecule has 1 fully saturated rings. The van der Waals surface area contributed by atoms with Crippen molar-refractivity contribution >= 4 is 22.2 Å². The van der Waals surface area contributed by atoms with Crippen molar-refractivity contribution in [3.63, 3.8) is 0 Å². The van der Waals surface area contributed by atoms with E-state index in [2.05, 4.69) is 15.9 Å². The summed E-state index contributed by atoms with van der Waals surface area (Å²) in [6.07, 6.45) is 4.74. The molecule has 0 radical (unpaired) electrons. The lowest BCUT2D eigenvalue weighted by molar-refractivity contribution is -0.108. The Kier molecular flexibility index (Phi) is 4.38. The summed E-state index contributed by atoms with van der Waals surface area (Å²) in [7, 11) is 0. The Morgan fingerprint density at radius 3 is 2.83 bits per heavy atom. The number of aldehydes is 1. The third-order valence-corrected chi connectivity index (χ3v) is 3.94. The van der Waals surface area contributed by atoms with E-state index in [1.165, 1.54) is 18.6 Å². The minimum Gasteiger partial charge on any atom is -0.489 e. The Hall–Kier alpha value is -0.900. The molecule has 1 atom stereocenters. The van der Waals surface area contributed by atoms with Gasteiger partial charge in [0.2, 0.25) is 0 Å². The van der Waals surface area contributed by atoms with E-state index in [0.29, 0.717) is 16.6 Å². The van der Waals surface area contributed by atoms with Gasteiger partial charge in [-0.05, 0) is 53.2 Å². The molecule has 0 N–H and O–H groups in total. The highest BCUT2D eigenvalue weighted by molar-refractivity contribution is 9.10. The van der Waals surface area contributed by atoms with E-state index in [1.54, 1.807) is 0 Å². The number of hydrogen-bond donors (Lipinski definition) is 0.